The van der Waals surface area contributed by atoms with E-state index in [0.717, 1.165) is 22.2 Å². The van der Waals surface area contributed by atoms with E-state index < -0.39 is 0 Å². The number of carbonyl (C=O) groups excluding carboxylic acids is 1. The molecule has 8 heteroatoms. The van der Waals surface area contributed by atoms with Crippen molar-refractivity contribution in [3.63, 3.8) is 0 Å². The van der Waals surface area contributed by atoms with Crippen molar-refractivity contribution in [3.05, 3.63) is 93.8 Å². The number of rotatable bonds is 6. The molecular weight excluding hydrogens is 456 g/mol. The molecule has 3 aromatic heterocycles. The first-order valence-electron chi connectivity index (χ1n) is 10.2. The van der Waals surface area contributed by atoms with E-state index in [-0.39, 0.29) is 5.78 Å². The van der Waals surface area contributed by atoms with Gasteiger partial charge in [0.2, 0.25) is 5.78 Å². The van der Waals surface area contributed by atoms with Gasteiger partial charge in [-0.05, 0) is 60.4 Å². The molecule has 0 atom stereocenters. The van der Waals surface area contributed by atoms with Crippen molar-refractivity contribution >= 4 is 39.8 Å². The second kappa shape index (κ2) is 8.77. The molecule has 0 bridgehead atoms. The van der Waals surface area contributed by atoms with Gasteiger partial charge in [-0.2, -0.15) is 4.37 Å². The zero-order chi connectivity index (χ0) is 22.9. The predicted octanol–water partition coefficient (Wildman–Crippen LogP) is 5.80. The van der Waals surface area contributed by atoms with E-state index in [9.17, 15) is 4.79 Å². The molecule has 3 heterocycles. The van der Waals surface area contributed by atoms with Crippen molar-refractivity contribution in [3.8, 4) is 17.1 Å². The van der Waals surface area contributed by atoms with Gasteiger partial charge in [0.15, 0.2) is 0 Å². The average Bonchev–Trinajstić information content (AvgIpc) is 3.44. The minimum Gasteiger partial charge on any atom is -0.497 e. The van der Waals surface area contributed by atoms with Crippen LogP contribution in [0.3, 0.4) is 0 Å². The van der Waals surface area contributed by atoms with Crippen LogP contribution in [0.5, 0.6) is 5.75 Å². The smallest absolute Gasteiger partial charge is 0.207 e. The summed E-state index contributed by atoms with van der Waals surface area (Å²) in [5.74, 6) is 0.623. The van der Waals surface area contributed by atoms with Crippen LogP contribution in [0, 0.1) is 6.92 Å². The van der Waals surface area contributed by atoms with Gasteiger partial charge in [-0.1, -0.05) is 23.7 Å². The highest BCUT2D eigenvalue weighted by Crippen LogP contribution is 2.33. The van der Waals surface area contributed by atoms with Gasteiger partial charge in [0.05, 0.1) is 23.7 Å². The molecular formula is C25H19ClN4O2S. The number of aromatic nitrogens is 4. The number of halogens is 1. The lowest BCUT2D eigenvalue weighted by Gasteiger charge is -2.09. The van der Waals surface area contributed by atoms with Crippen molar-refractivity contribution in [2.75, 3.05) is 7.11 Å². The number of hydrogen-bond donors (Lipinski definition) is 0. The lowest BCUT2D eigenvalue weighted by Crippen LogP contribution is -2.05. The zero-order valence-electron chi connectivity index (χ0n) is 17.9. The second-order valence-electron chi connectivity index (χ2n) is 7.55. The van der Waals surface area contributed by atoms with Crippen LogP contribution in [0.15, 0.2) is 67.1 Å². The molecule has 0 saturated heterocycles. The van der Waals surface area contributed by atoms with Crippen molar-refractivity contribution in [1.82, 2.24) is 18.9 Å². The Hall–Kier alpha value is -3.55. The van der Waals surface area contributed by atoms with E-state index in [4.69, 9.17) is 16.3 Å². The van der Waals surface area contributed by atoms with Crippen molar-refractivity contribution in [2.24, 2.45) is 0 Å². The van der Waals surface area contributed by atoms with Gasteiger partial charge in [-0.15, -0.1) is 0 Å². The van der Waals surface area contributed by atoms with E-state index in [1.165, 1.54) is 11.5 Å². The molecule has 0 aliphatic heterocycles. The van der Waals surface area contributed by atoms with Gasteiger partial charge >= 0.3 is 0 Å². The van der Waals surface area contributed by atoms with E-state index in [1.54, 1.807) is 31.8 Å². The third-order valence-electron chi connectivity index (χ3n) is 5.57. The molecule has 0 saturated carbocycles. The van der Waals surface area contributed by atoms with Gasteiger partial charge in [-0.3, -0.25) is 14.8 Å². The largest absolute Gasteiger partial charge is 0.497 e. The monoisotopic (exact) mass is 474 g/mol. The lowest BCUT2D eigenvalue weighted by molar-refractivity contribution is 0.104. The standard InChI is InChI=1S/C25H19ClN4O2S/c1-15-24(25(31)23-12-20(29-33-23)21-13-27-9-10-28-21)19-11-18(32-2)7-8-22(19)30(15)14-16-3-5-17(26)6-4-16/h3-13H,14H2,1-2H3. The van der Waals surface area contributed by atoms with Gasteiger partial charge in [0, 0.05) is 40.6 Å². The maximum absolute atomic E-state index is 13.7. The minimum atomic E-state index is -0.0757. The van der Waals surface area contributed by atoms with Crippen molar-refractivity contribution in [1.29, 1.82) is 0 Å². The summed E-state index contributed by atoms with van der Waals surface area (Å²) in [6.07, 6.45) is 4.85. The van der Waals surface area contributed by atoms with E-state index in [0.29, 0.717) is 39.1 Å². The summed E-state index contributed by atoms with van der Waals surface area (Å²) in [4.78, 5) is 22.6. The number of carbonyl (C=O) groups is 1. The molecule has 0 aliphatic carbocycles. The number of ketones is 1. The lowest BCUT2D eigenvalue weighted by atomic mass is 10.0. The fourth-order valence-corrected chi connectivity index (χ4v) is 4.73. The number of hydrogen-bond acceptors (Lipinski definition) is 6. The Morgan fingerprint density at radius 2 is 1.91 bits per heavy atom. The third-order valence-corrected chi connectivity index (χ3v) is 6.61. The van der Waals surface area contributed by atoms with Crippen molar-refractivity contribution < 1.29 is 9.53 Å². The maximum atomic E-state index is 13.7. The number of nitrogens with zero attached hydrogens (tertiary/aromatic N) is 4. The first-order chi connectivity index (χ1) is 16.0. The molecule has 33 heavy (non-hydrogen) atoms. The molecule has 0 unspecified atom stereocenters. The Balaban J connectivity index is 1.61. The number of ether oxygens (including phenoxy) is 1. The fourth-order valence-electron chi connectivity index (χ4n) is 3.91. The van der Waals surface area contributed by atoms with Crippen LogP contribution < -0.4 is 4.74 Å². The first-order valence-corrected chi connectivity index (χ1v) is 11.4. The highest BCUT2D eigenvalue weighted by Gasteiger charge is 2.24. The van der Waals surface area contributed by atoms with E-state index >= 15 is 0 Å². The molecule has 0 fully saturated rings. The van der Waals surface area contributed by atoms with Crippen LogP contribution in [0.2, 0.25) is 5.02 Å². The van der Waals surface area contributed by atoms with E-state index in [1.807, 2.05) is 49.4 Å². The minimum absolute atomic E-state index is 0.0757. The highest BCUT2D eigenvalue weighted by atomic mass is 35.5. The SMILES string of the molecule is COc1ccc2c(c1)c(C(=O)c1cc(-c3cnccn3)ns1)c(C)n2Cc1ccc(Cl)cc1. The predicted molar refractivity (Wildman–Crippen MR) is 130 cm³/mol. The molecule has 0 amide bonds. The summed E-state index contributed by atoms with van der Waals surface area (Å²) in [6, 6.07) is 15.3. The zero-order valence-corrected chi connectivity index (χ0v) is 19.5. The molecule has 2 aromatic carbocycles. The molecule has 6 nitrogen and oxygen atoms in total. The van der Waals surface area contributed by atoms with Gasteiger partial charge in [-0.25, -0.2) is 0 Å². The summed E-state index contributed by atoms with van der Waals surface area (Å²) in [5, 5.41) is 1.54. The number of benzene rings is 2. The average molecular weight is 475 g/mol. The summed E-state index contributed by atoms with van der Waals surface area (Å²) in [5.41, 5.74) is 4.86. The van der Waals surface area contributed by atoms with Gasteiger partial charge in [0.25, 0.3) is 0 Å². The second-order valence-corrected chi connectivity index (χ2v) is 8.79. The van der Waals surface area contributed by atoms with Crippen LogP contribution in [0.25, 0.3) is 22.3 Å². The Morgan fingerprint density at radius 1 is 1.09 bits per heavy atom. The van der Waals surface area contributed by atoms with E-state index in [2.05, 4.69) is 18.9 Å². The van der Waals surface area contributed by atoms with Crippen LogP contribution in [0.1, 0.15) is 26.5 Å². The quantitative estimate of drug-likeness (QED) is 0.291. The Morgan fingerprint density at radius 3 is 2.64 bits per heavy atom. The van der Waals surface area contributed by atoms with Gasteiger partial charge in [0.1, 0.15) is 17.1 Å². The topological polar surface area (TPSA) is 69.9 Å². The molecule has 5 rings (SSSR count). The first kappa shape index (κ1) is 21.3. The van der Waals surface area contributed by atoms with Gasteiger partial charge < -0.3 is 9.30 Å². The summed E-state index contributed by atoms with van der Waals surface area (Å²) in [7, 11) is 1.62. The summed E-state index contributed by atoms with van der Waals surface area (Å²) >= 11 is 7.22. The Labute approximate surface area is 199 Å². The summed E-state index contributed by atoms with van der Waals surface area (Å²) in [6.45, 7) is 2.59. The molecule has 5 aromatic rings. The Bertz CT molecular complexity index is 1460. The van der Waals surface area contributed by atoms with Crippen LogP contribution >= 0.6 is 23.1 Å². The molecule has 0 N–H and O–H groups in total. The molecule has 0 radical (unpaired) electrons. The normalized spacial score (nSPS) is 11.1. The molecule has 0 aliphatic rings. The molecule has 164 valence electrons. The number of fused-ring (bicyclic) bond motifs is 1. The summed E-state index contributed by atoms with van der Waals surface area (Å²) < 4.78 is 12.0. The molecule has 0 spiro atoms. The van der Waals surface area contributed by atoms with Crippen LogP contribution in [-0.4, -0.2) is 31.8 Å². The maximum Gasteiger partial charge on any atom is 0.207 e. The third kappa shape index (κ3) is 4.01. The van der Waals surface area contributed by atoms with Crippen molar-refractivity contribution in [2.45, 2.75) is 13.5 Å². The fraction of sp³-hybridized carbons (Fsp3) is 0.120. The Kier molecular flexibility index (Phi) is 5.66. The van der Waals surface area contributed by atoms with Crippen LogP contribution in [-0.2, 0) is 6.54 Å². The number of methoxy groups -OCH3 is 1. The van der Waals surface area contributed by atoms with Crippen LogP contribution in [0.4, 0.5) is 0 Å². The highest BCUT2D eigenvalue weighted by molar-refractivity contribution is 7.08.